The van der Waals surface area contributed by atoms with Crippen molar-refractivity contribution >= 4 is 30.2 Å². The van der Waals surface area contributed by atoms with E-state index in [-0.39, 0.29) is 0 Å². The maximum atomic E-state index is 5.19. The summed E-state index contributed by atoms with van der Waals surface area (Å²) in [7, 11) is 0. The van der Waals surface area contributed by atoms with Crippen molar-refractivity contribution in [2.75, 3.05) is 6.61 Å². The third kappa shape index (κ3) is 4.17. The Labute approximate surface area is 83.8 Å². The number of rotatable bonds is 4. The lowest BCUT2D eigenvalue weighted by atomic mass is 10.2. The smallest absolute Gasteiger partial charge is 0.158 e. The van der Waals surface area contributed by atoms with Crippen LogP contribution in [0.15, 0.2) is 30.3 Å². The number of hydrogen-bond acceptors (Lipinski definition) is 2. The minimum Gasteiger partial charge on any atom is -0.158 e. The molecular weight excluding hydrogens is 207 g/mol. The van der Waals surface area contributed by atoms with Crippen LogP contribution in [0.25, 0.3) is 0 Å². The summed E-state index contributed by atoms with van der Waals surface area (Å²) < 4.78 is 5.19. The van der Waals surface area contributed by atoms with Crippen LogP contribution in [0.1, 0.15) is 5.56 Å². The zero-order valence-electron chi connectivity index (χ0n) is 6.51. The first-order valence-electron chi connectivity index (χ1n) is 3.62. The van der Waals surface area contributed by atoms with Crippen LogP contribution in [0.5, 0.6) is 0 Å². The molecule has 64 valence electrons. The lowest BCUT2D eigenvalue weighted by molar-refractivity contribution is 0.373. The van der Waals surface area contributed by atoms with Gasteiger partial charge in [-0.15, -0.1) is 0 Å². The number of thiol groups is 1. The molecule has 0 aliphatic rings. The molecule has 0 aliphatic carbocycles. The Kier molecular flexibility index (Phi) is 4.77. The van der Waals surface area contributed by atoms with E-state index < -0.39 is 6.13 Å². The van der Waals surface area contributed by atoms with Crippen molar-refractivity contribution in [3.63, 3.8) is 0 Å². The molecule has 0 saturated heterocycles. The Morgan fingerprint density at radius 3 is 2.58 bits per heavy atom. The highest BCUT2D eigenvalue weighted by molar-refractivity contribution is 8.54. The van der Waals surface area contributed by atoms with E-state index in [1.54, 1.807) is 0 Å². The normalized spacial score (nSPS) is 11.2. The summed E-state index contributed by atoms with van der Waals surface area (Å²) in [4.78, 5) is 0. The fourth-order valence-electron chi connectivity index (χ4n) is 0.886. The topological polar surface area (TPSA) is 9.23 Å². The highest BCUT2D eigenvalue weighted by Gasteiger charge is 2.02. The molecule has 0 amide bonds. The number of benzene rings is 1. The van der Waals surface area contributed by atoms with Gasteiger partial charge in [0.05, 0.1) is 0 Å². The van der Waals surface area contributed by atoms with Crippen molar-refractivity contribution in [2.45, 2.75) is 6.42 Å². The molecule has 0 N–H and O–H groups in total. The summed E-state index contributed by atoms with van der Waals surface area (Å²) in [5.74, 6) is 0. The standard InChI is InChI=1S/C8H9OPS2/c11-10(12)9-7-6-8-4-2-1-3-5-8/h1-5H,6-7H2/p+1. The molecular formula is C8H10OPS2+. The van der Waals surface area contributed by atoms with Crippen LogP contribution in [0.3, 0.4) is 0 Å². The summed E-state index contributed by atoms with van der Waals surface area (Å²) >= 11 is 8.80. The Morgan fingerprint density at radius 1 is 1.33 bits per heavy atom. The second-order valence-electron chi connectivity index (χ2n) is 2.31. The van der Waals surface area contributed by atoms with E-state index in [0.29, 0.717) is 6.61 Å². The van der Waals surface area contributed by atoms with Gasteiger partial charge < -0.3 is 0 Å². The largest absolute Gasteiger partial charge is 0.411 e. The molecule has 0 bridgehead atoms. The van der Waals surface area contributed by atoms with E-state index in [0.717, 1.165) is 6.42 Å². The summed E-state index contributed by atoms with van der Waals surface area (Å²) in [5, 5.41) is 0. The highest BCUT2D eigenvalue weighted by atomic mass is 32.9. The quantitative estimate of drug-likeness (QED) is 0.613. The molecule has 0 fully saturated rings. The Bertz CT molecular complexity index is 250. The van der Waals surface area contributed by atoms with E-state index in [2.05, 4.69) is 24.4 Å². The van der Waals surface area contributed by atoms with Crippen LogP contribution in [0.4, 0.5) is 0 Å². The van der Waals surface area contributed by atoms with Crippen LogP contribution >= 0.6 is 18.4 Å². The van der Waals surface area contributed by atoms with Gasteiger partial charge in [0.2, 0.25) is 11.8 Å². The second kappa shape index (κ2) is 5.65. The first-order chi connectivity index (χ1) is 5.79. The van der Waals surface area contributed by atoms with Gasteiger partial charge in [0.25, 0.3) is 0 Å². The fraction of sp³-hybridized carbons (Fsp3) is 0.250. The Morgan fingerprint density at radius 2 is 2.00 bits per heavy atom. The van der Waals surface area contributed by atoms with Gasteiger partial charge in [-0.05, 0) is 5.56 Å². The molecule has 1 aromatic carbocycles. The maximum Gasteiger partial charge on any atom is 0.411 e. The van der Waals surface area contributed by atoms with E-state index in [9.17, 15) is 0 Å². The number of hydrogen-bond donors (Lipinski definition) is 1. The zero-order valence-corrected chi connectivity index (χ0v) is 9.12. The average molecular weight is 217 g/mol. The predicted octanol–water partition coefficient (Wildman–Crippen LogP) is 2.95. The van der Waals surface area contributed by atoms with E-state index in [1.807, 2.05) is 18.2 Å². The van der Waals surface area contributed by atoms with Crippen molar-refractivity contribution in [3.8, 4) is 0 Å². The van der Waals surface area contributed by atoms with Gasteiger partial charge in [-0.25, -0.2) is 0 Å². The van der Waals surface area contributed by atoms with E-state index in [4.69, 9.17) is 16.3 Å². The molecule has 0 aromatic heterocycles. The molecule has 1 atom stereocenters. The summed E-state index contributed by atoms with van der Waals surface area (Å²) in [5.41, 5.74) is 1.28. The average Bonchev–Trinajstić information content (AvgIpc) is 2.05. The van der Waals surface area contributed by atoms with Crippen LogP contribution in [0, 0.1) is 0 Å². The van der Waals surface area contributed by atoms with Gasteiger partial charge >= 0.3 is 6.13 Å². The van der Waals surface area contributed by atoms with Crippen LogP contribution in [-0.4, -0.2) is 6.61 Å². The maximum absolute atomic E-state index is 5.19. The second-order valence-corrected chi connectivity index (χ2v) is 5.94. The van der Waals surface area contributed by atoms with Gasteiger partial charge in [0, 0.05) is 6.42 Å². The minimum atomic E-state index is -0.919. The third-order valence-electron chi connectivity index (χ3n) is 1.44. The lowest BCUT2D eigenvalue weighted by Crippen LogP contribution is -1.91. The fourth-order valence-corrected chi connectivity index (χ4v) is 1.60. The summed E-state index contributed by atoms with van der Waals surface area (Å²) in [6.07, 6.45) is -0.00538. The Balaban J connectivity index is 2.29. The van der Waals surface area contributed by atoms with Gasteiger partial charge in [-0.1, -0.05) is 30.3 Å². The van der Waals surface area contributed by atoms with Gasteiger partial charge in [-0.2, -0.15) is 4.52 Å². The molecule has 1 unspecified atom stereocenters. The van der Waals surface area contributed by atoms with Gasteiger partial charge in [0.1, 0.15) is 18.9 Å². The molecule has 1 aromatic rings. The lowest BCUT2D eigenvalue weighted by Gasteiger charge is -1.95. The van der Waals surface area contributed by atoms with Gasteiger partial charge in [-0.3, -0.25) is 0 Å². The molecule has 1 rings (SSSR count). The van der Waals surface area contributed by atoms with Crippen LogP contribution < -0.4 is 0 Å². The van der Waals surface area contributed by atoms with Crippen LogP contribution in [-0.2, 0) is 22.8 Å². The van der Waals surface area contributed by atoms with E-state index >= 15 is 0 Å². The van der Waals surface area contributed by atoms with E-state index in [1.165, 1.54) is 5.56 Å². The van der Waals surface area contributed by atoms with Gasteiger partial charge in [0.15, 0.2) is 0 Å². The molecule has 12 heavy (non-hydrogen) atoms. The summed E-state index contributed by atoms with van der Waals surface area (Å²) in [6, 6.07) is 10.2. The van der Waals surface area contributed by atoms with Crippen molar-refractivity contribution in [3.05, 3.63) is 35.9 Å². The third-order valence-corrected chi connectivity index (χ3v) is 2.50. The molecule has 0 spiro atoms. The van der Waals surface area contributed by atoms with Crippen LogP contribution in [0.2, 0.25) is 0 Å². The van der Waals surface area contributed by atoms with Crippen molar-refractivity contribution < 1.29 is 4.52 Å². The monoisotopic (exact) mass is 217 g/mol. The van der Waals surface area contributed by atoms with Crippen molar-refractivity contribution in [2.24, 2.45) is 0 Å². The summed E-state index contributed by atoms with van der Waals surface area (Å²) in [6.45, 7) is 0.669. The molecule has 4 heteroatoms. The molecule has 0 aliphatic heterocycles. The van der Waals surface area contributed by atoms with Crippen molar-refractivity contribution in [1.82, 2.24) is 0 Å². The minimum absolute atomic E-state index is 0.669. The molecule has 1 nitrogen and oxygen atoms in total. The zero-order chi connectivity index (χ0) is 8.81. The predicted molar refractivity (Wildman–Crippen MR) is 59.4 cm³/mol. The Hall–Kier alpha value is 0.0500. The SMILES string of the molecule is S=[P+](S)OCCc1ccccc1. The highest BCUT2D eigenvalue weighted by Crippen LogP contribution is 2.27. The first kappa shape index (κ1) is 10.1. The molecule has 0 radical (unpaired) electrons. The molecule has 0 heterocycles. The first-order valence-corrected chi connectivity index (χ1v) is 7.04. The van der Waals surface area contributed by atoms with Crippen molar-refractivity contribution in [1.29, 1.82) is 0 Å². The molecule has 0 saturated carbocycles.